The molecule has 168 valence electrons. The Morgan fingerprint density at radius 1 is 1.39 bits per heavy atom. The number of pyridine rings is 2. The lowest BCUT2D eigenvalue weighted by atomic mass is 9.75. The zero-order valence-corrected chi connectivity index (χ0v) is 18.5. The maximum Gasteiger partial charge on any atom is 0.345 e. The molecule has 0 saturated carbocycles. The Kier molecular flexibility index (Phi) is 6.47. The van der Waals surface area contributed by atoms with Gasteiger partial charge in [0.25, 0.3) is 5.56 Å². The Labute approximate surface area is 183 Å². The Morgan fingerprint density at radius 2 is 2.10 bits per heavy atom. The van der Waals surface area contributed by atoms with Crippen LogP contribution in [-0.4, -0.2) is 53.1 Å². The van der Waals surface area contributed by atoms with Crippen molar-refractivity contribution >= 4 is 17.6 Å². The van der Waals surface area contributed by atoms with E-state index in [1.807, 2.05) is 20.8 Å². The number of nitrogens with one attached hydrogen (secondary N) is 1. The number of fused-ring (bicyclic) bond motifs is 3. The fraction of sp³-hybridized carbons (Fsp3) is 0.476. The molecule has 0 amide bonds. The first-order valence-corrected chi connectivity index (χ1v) is 10.1. The van der Waals surface area contributed by atoms with Crippen LogP contribution < -0.4 is 15.0 Å². The van der Waals surface area contributed by atoms with Crippen LogP contribution >= 0.6 is 11.6 Å². The van der Waals surface area contributed by atoms with Crippen molar-refractivity contribution in [3.63, 3.8) is 0 Å². The monoisotopic (exact) mass is 452 g/mol. The quantitative estimate of drug-likeness (QED) is 0.448. The molecule has 0 spiro atoms. The van der Waals surface area contributed by atoms with Gasteiger partial charge in [0, 0.05) is 37.7 Å². The van der Waals surface area contributed by atoms with Crippen molar-refractivity contribution < 1.29 is 29.2 Å². The molecule has 2 aromatic heterocycles. The van der Waals surface area contributed by atoms with Gasteiger partial charge in [-0.1, -0.05) is 32.4 Å². The number of carboxylic acid groups (broad SMARTS) is 1. The first-order valence-electron chi connectivity index (χ1n) is 9.74. The summed E-state index contributed by atoms with van der Waals surface area (Å²) in [7, 11) is 1.60. The van der Waals surface area contributed by atoms with Crippen molar-refractivity contribution in [2.45, 2.75) is 33.1 Å². The van der Waals surface area contributed by atoms with Gasteiger partial charge >= 0.3 is 5.97 Å². The Balaban J connectivity index is 2.19. The maximum absolute atomic E-state index is 12.5. The van der Waals surface area contributed by atoms with E-state index in [4.69, 9.17) is 25.8 Å². The van der Waals surface area contributed by atoms with Gasteiger partial charge in [0.2, 0.25) is 0 Å². The molecular formula is C21H25ClN2O7. The van der Waals surface area contributed by atoms with E-state index in [0.29, 0.717) is 31.1 Å². The molecular weight excluding hydrogens is 428 g/mol. The van der Waals surface area contributed by atoms with Crippen LogP contribution in [0.15, 0.2) is 10.9 Å². The van der Waals surface area contributed by atoms with Gasteiger partial charge in [-0.25, -0.2) is 9.78 Å². The molecule has 1 atom stereocenters. The predicted octanol–water partition coefficient (Wildman–Crippen LogP) is 3.43. The Bertz CT molecular complexity index is 1060. The maximum atomic E-state index is 12.5. The molecule has 1 aliphatic rings. The summed E-state index contributed by atoms with van der Waals surface area (Å²) in [5, 5.41) is 20.3. The van der Waals surface area contributed by atoms with E-state index in [1.54, 1.807) is 13.2 Å². The largest absolute Gasteiger partial charge is 0.506 e. The normalized spacial score (nSPS) is 15.5. The number of methoxy groups -OCH3 is 1. The molecule has 0 radical (unpaired) electrons. The number of aromatic carboxylic acids is 1. The zero-order chi connectivity index (χ0) is 22.9. The lowest BCUT2D eigenvalue weighted by Crippen LogP contribution is -2.27. The molecule has 0 fully saturated rings. The molecule has 0 saturated heterocycles. The van der Waals surface area contributed by atoms with E-state index in [9.17, 15) is 19.8 Å². The number of halogens is 1. The van der Waals surface area contributed by atoms with Crippen LogP contribution in [0.1, 0.15) is 49.0 Å². The second-order valence-electron chi connectivity index (χ2n) is 8.32. The number of rotatable bonds is 6. The molecule has 0 aromatic carbocycles. The standard InChI is InChI=1S/C21H25ClN2O7/c1-21(2,3)10-9-31-11-8-12(30-7-5-6-29-4)18(22)23-15(11)16-13(10)17(25)14(20(27)28)19(26)24-16/h8,10H,5-7,9H2,1-4H3,(H,27,28)(H2,24,25,26). The number of carbonyl (C=O) groups is 1. The van der Waals surface area contributed by atoms with Gasteiger partial charge in [0.15, 0.2) is 22.2 Å². The molecule has 0 bridgehead atoms. The highest BCUT2D eigenvalue weighted by molar-refractivity contribution is 6.31. The number of aromatic hydroxyl groups is 1. The third-order valence-electron chi connectivity index (χ3n) is 5.14. The summed E-state index contributed by atoms with van der Waals surface area (Å²) < 4.78 is 16.7. The molecule has 3 heterocycles. The molecule has 3 rings (SSSR count). The predicted molar refractivity (Wildman–Crippen MR) is 114 cm³/mol. The molecule has 9 nitrogen and oxygen atoms in total. The first-order chi connectivity index (χ1) is 14.6. The van der Waals surface area contributed by atoms with Gasteiger partial charge in [-0.3, -0.25) is 4.79 Å². The van der Waals surface area contributed by atoms with Crippen LogP contribution in [0.2, 0.25) is 5.15 Å². The lowest BCUT2D eigenvalue weighted by molar-refractivity contribution is 0.0691. The van der Waals surface area contributed by atoms with Gasteiger partial charge in [-0.2, -0.15) is 0 Å². The van der Waals surface area contributed by atoms with Gasteiger partial charge in [-0.05, 0) is 5.41 Å². The van der Waals surface area contributed by atoms with E-state index in [1.165, 1.54) is 0 Å². The van der Waals surface area contributed by atoms with Gasteiger partial charge in [-0.15, -0.1) is 0 Å². The molecule has 1 unspecified atom stereocenters. The summed E-state index contributed by atoms with van der Waals surface area (Å²) in [4.78, 5) is 31.0. The second kappa shape index (κ2) is 8.76. The number of carboxylic acids is 1. The van der Waals surface area contributed by atoms with Crippen molar-refractivity contribution in [2.24, 2.45) is 5.41 Å². The van der Waals surface area contributed by atoms with Crippen LogP contribution in [0, 0.1) is 5.41 Å². The summed E-state index contributed by atoms with van der Waals surface area (Å²) in [6.45, 7) is 6.78. The van der Waals surface area contributed by atoms with Crippen LogP contribution in [0.5, 0.6) is 17.2 Å². The van der Waals surface area contributed by atoms with Crippen molar-refractivity contribution in [1.82, 2.24) is 9.97 Å². The number of hydrogen-bond acceptors (Lipinski definition) is 7. The van der Waals surface area contributed by atoms with Crippen LogP contribution in [0.25, 0.3) is 11.4 Å². The molecule has 31 heavy (non-hydrogen) atoms. The smallest absolute Gasteiger partial charge is 0.345 e. The zero-order valence-electron chi connectivity index (χ0n) is 17.7. The summed E-state index contributed by atoms with van der Waals surface area (Å²) in [5.41, 5.74) is -1.48. The fourth-order valence-electron chi connectivity index (χ4n) is 3.50. The minimum atomic E-state index is -1.52. The van der Waals surface area contributed by atoms with Crippen LogP contribution in [-0.2, 0) is 4.74 Å². The summed E-state index contributed by atoms with van der Waals surface area (Å²) in [5.74, 6) is -1.96. The second-order valence-corrected chi connectivity index (χ2v) is 8.68. The minimum absolute atomic E-state index is 0.0441. The SMILES string of the molecule is COCCCOc1cc2c(nc1Cl)-c1[nH]c(=O)c(C(=O)O)c(O)c1C(C(C)(C)C)CO2. The molecule has 1 aliphatic heterocycles. The topological polar surface area (TPSA) is 131 Å². The van der Waals surface area contributed by atoms with Gasteiger partial charge < -0.3 is 29.4 Å². The van der Waals surface area contributed by atoms with Crippen LogP contribution in [0.3, 0.4) is 0 Å². The Hall–Kier alpha value is -2.78. The fourth-order valence-corrected chi connectivity index (χ4v) is 3.69. The van der Waals surface area contributed by atoms with Crippen LogP contribution in [0.4, 0.5) is 0 Å². The van der Waals surface area contributed by atoms with Crippen molar-refractivity contribution in [3.8, 4) is 28.6 Å². The third kappa shape index (κ3) is 4.47. The highest BCUT2D eigenvalue weighted by atomic mass is 35.5. The van der Waals surface area contributed by atoms with E-state index < -0.39 is 34.2 Å². The number of H-pyrrole nitrogens is 1. The summed E-state index contributed by atoms with van der Waals surface area (Å²) in [6, 6.07) is 1.58. The minimum Gasteiger partial charge on any atom is -0.506 e. The molecule has 10 heteroatoms. The average Bonchev–Trinajstić information content (AvgIpc) is 2.82. The van der Waals surface area contributed by atoms with E-state index in [-0.39, 0.29) is 28.7 Å². The van der Waals surface area contributed by atoms with Crippen molar-refractivity contribution in [1.29, 1.82) is 0 Å². The van der Waals surface area contributed by atoms with E-state index in [2.05, 4.69) is 9.97 Å². The number of hydrogen-bond donors (Lipinski definition) is 3. The third-order valence-corrected chi connectivity index (χ3v) is 5.41. The molecule has 0 aliphatic carbocycles. The van der Waals surface area contributed by atoms with Gasteiger partial charge in [0.1, 0.15) is 11.4 Å². The number of aromatic nitrogens is 2. The lowest BCUT2D eigenvalue weighted by Gasteiger charge is -2.31. The highest BCUT2D eigenvalue weighted by Gasteiger charge is 2.38. The van der Waals surface area contributed by atoms with Crippen molar-refractivity contribution in [2.75, 3.05) is 26.9 Å². The highest BCUT2D eigenvalue weighted by Crippen LogP contribution is 2.48. The summed E-state index contributed by atoms with van der Waals surface area (Å²) >= 11 is 6.31. The van der Waals surface area contributed by atoms with Crippen molar-refractivity contribution in [3.05, 3.63) is 32.7 Å². The van der Waals surface area contributed by atoms with Gasteiger partial charge in [0.05, 0.1) is 18.9 Å². The Morgan fingerprint density at radius 3 is 2.71 bits per heavy atom. The number of ether oxygens (including phenoxy) is 3. The molecule has 2 aromatic rings. The first kappa shape index (κ1) is 22.9. The summed E-state index contributed by atoms with van der Waals surface area (Å²) in [6.07, 6.45) is 0.652. The average molecular weight is 453 g/mol. The van der Waals surface area contributed by atoms with E-state index >= 15 is 0 Å². The number of nitrogens with zero attached hydrogens (tertiary/aromatic N) is 1. The molecule has 3 N–H and O–H groups in total. The van der Waals surface area contributed by atoms with E-state index in [0.717, 1.165) is 0 Å². The number of aromatic amines is 1.